The summed E-state index contributed by atoms with van der Waals surface area (Å²) in [5.74, 6) is 0. The molecule has 0 fully saturated rings. The average Bonchev–Trinajstić information content (AvgIpc) is 2.51. The first-order valence-electron chi connectivity index (χ1n) is 10.0. The molecule has 0 aromatic rings. The third-order valence-corrected chi connectivity index (χ3v) is 4.67. The first kappa shape index (κ1) is 22.9. The molecule has 0 aromatic heterocycles. The van der Waals surface area contributed by atoms with Gasteiger partial charge >= 0.3 is 0 Å². The summed E-state index contributed by atoms with van der Waals surface area (Å²) >= 11 is 5.20. The van der Waals surface area contributed by atoms with E-state index in [0.717, 1.165) is 6.42 Å². The average molecular weight is 344 g/mol. The van der Waals surface area contributed by atoms with E-state index >= 15 is 0 Å². The van der Waals surface area contributed by atoms with Crippen molar-refractivity contribution in [2.45, 2.75) is 123 Å². The second-order valence-electron chi connectivity index (χ2n) is 7.12. The summed E-state index contributed by atoms with van der Waals surface area (Å²) in [6, 6.07) is -0.0693. The van der Waals surface area contributed by atoms with Crippen LogP contribution in [0.15, 0.2) is 0 Å². The molecule has 2 N–H and O–H groups in total. The fourth-order valence-corrected chi connectivity index (χ4v) is 3.13. The van der Waals surface area contributed by atoms with Gasteiger partial charge in [0.25, 0.3) is 0 Å². The Morgan fingerprint density at radius 2 is 1.17 bits per heavy atom. The lowest BCUT2D eigenvalue weighted by Gasteiger charge is -2.16. The molecule has 0 heterocycles. The molecule has 0 bridgehead atoms. The highest BCUT2D eigenvalue weighted by atomic mass is 32.1. The first-order valence-corrected chi connectivity index (χ1v) is 10.4. The number of thiocarbonyl (C=S) groups is 1. The van der Waals surface area contributed by atoms with Crippen LogP contribution in [0.25, 0.3) is 0 Å². The SMILES string of the molecule is CCCCCCCCCCCCCCCC(N)C(=S)OC(C)C. The molecule has 0 aliphatic heterocycles. The second kappa shape index (κ2) is 16.7. The fraction of sp³-hybridized carbons (Fsp3) is 0.950. The van der Waals surface area contributed by atoms with E-state index in [1.165, 1.54) is 83.5 Å². The molecule has 3 heteroatoms. The van der Waals surface area contributed by atoms with Crippen LogP contribution >= 0.6 is 12.2 Å². The molecule has 0 aromatic carbocycles. The van der Waals surface area contributed by atoms with Crippen molar-refractivity contribution < 1.29 is 4.74 Å². The van der Waals surface area contributed by atoms with E-state index in [1.54, 1.807) is 0 Å². The van der Waals surface area contributed by atoms with Crippen LogP contribution in [0.3, 0.4) is 0 Å². The second-order valence-corrected chi connectivity index (χ2v) is 7.53. The van der Waals surface area contributed by atoms with Crippen LogP contribution in [-0.4, -0.2) is 17.2 Å². The molecule has 1 unspecified atom stereocenters. The van der Waals surface area contributed by atoms with Crippen LogP contribution in [0.4, 0.5) is 0 Å². The summed E-state index contributed by atoms with van der Waals surface area (Å²) in [5, 5.41) is 0.582. The Balaban J connectivity index is 3.23. The van der Waals surface area contributed by atoms with Gasteiger partial charge in [-0.2, -0.15) is 0 Å². The monoisotopic (exact) mass is 343 g/mol. The van der Waals surface area contributed by atoms with Crippen molar-refractivity contribution in [3.8, 4) is 0 Å². The molecule has 0 saturated carbocycles. The largest absolute Gasteiger partial charge is 0.483 e. The maximum absolute atomic E-state index is 6.04. The summed E-state index contributed by atoms with van der Waals surface area (Å²) in [6.45, 7) is 6.26. The fourth-order valence-electron chi connectivity index (χ4n) is 2.82. The summed E-state index contributed by atoms with van der Waals surface area (Å²) in [6.07, 6.45) is 19.0. The van der Waals surface area contributed by atoms with Gasteiger partial charge in [-0.3, -0.25) is 0 Å². The van der Waals surface area contributed by atoms with Crippen molar-refractivity contribution >= 4 is 17.3 Å². The van der Waals surface area contributed by atoms with Crippen LogP contribution in [0.2, 0.25) is 0 Å². The lowest BCUT2D eigenvalue weighted by Crippen LogP contribution is -2.32. The standard InChI is InChI=1S/C20H41NOS/c1-4-5-6-7-8-9-10-11-12-13-14-15-16-17-19(21)20(23)22-18(2)3/h18-19H,4-17,21H2,1-3H3. The van der Waals surface area contributed by atoms with Crippen LogP contribution < -0.4 is 5.73 Å². The Kier molecular flexibility index (Phi) is 16.6. The van der Waals surface area contributed by atoms with Gasteiger partial charge in [-0.15, -0.1) is 0 Å². The maximum Gasteiger partial charge on any atom is 0.176 e. The van der Waals surface area contributed by atoms with Gasteiger partial charge in [-0.1, -0.05) is 90.4 Å². The summed E-state index contributed by atoms with van der Waals surface area (Å²) in [5.41, 5.74) is 6.04. The van der Waals surface area contributed by atoms with Crippen molar-refractivity contribution in [2.75, 3.05) is 0 Å². The lowest BCUT2D eigenvalue weighted by molar-refractivity contribution is 0.224. The zero-order valence-electron chi connectivity index (χ0n) is 15.9. The molecule has 23 heavy (non-hydrogen) atoms. The number of hydrogen-bond donors (Lipinski definition) is 1. The van der Waals surface area contributed by atoms with E-state index in [4.69, 9.17) is 22.7 Å². The lowest BCUT2D eigenvalue weighted by atomic mass is 10.0. The highest BCUT2D eigenvalue weighted by molar-refractivity contribution is 7.80. The van der Waals surface area contributed by atoms with Gasteiger partial charge in [-0.05, 0) is 32.5 Å². The van der Waals surface area contributed by atoms with E-state index in [-0.39, 0.29) is 12.1 Å². The predicted molar refractivity (Wildman–Crippen MR) is 107 cm³/mol. The van der Waals surface area contributed by atoms with E-state index in [1.807, 2.05) is 13.8 Å². The minimum absolute atomic E-state index is 0.0693. The number of ether oxygens (including phenoxy) is 1. The molecular weight excluding hydrogens is 302 g/mol. The van der Waals surface area contributed by atoms with Crippen LogP contribution in [0.5, 0.6) is 0 Å². The molecule has 0 saturated heterocycles. The molecule has 0 aliphatic rings. The molecule has 0 spiro atoms. The minimum Gasteiger partial charge on any atom is -0.483 e. The van der Waals surface area contributed by atoms with Crippen molar-refractivity contribution in [3.05, 3.63) is 0 Å². The Morgan fingerprint density at radius 3 is 1.57 bits per heavy atom. The Labute approximate surface area is 150 Å². The third-order valence-electron chi connectivity index (χ3n) is 4.27. The molecule has 0 aliphatic carbocycles. The molecule has 0 rings (SSSR count). The molecule has 138 valence electrons. The maximum atomic E-state index is 6.04. The Bertz CT molecular complexity index is 268. The molecule has 2 nitrogen and oxygen atoms in total. The zero-order valence-corrected chi connectivity index (χ0v) is 16.8. The Hall–Kier alpha value is -0.150. The van der Waals surface area contributed by atoms with E-state index in [2.05, 4.69) is 6.92 Å². The predicted octanol–water partition coefficient (Wildman–Crippen LogP) is 6.55. The smallest absolute Gasteiger partial charge is 0.176 e. The van der Waals surface area contributed by atoms with Gasteiger partial charge < -0.3 is 10.5 Å². The van der Waals surface area contributed by atoms with Crippen molar-refractivity contribution in [1.29, 1.82) is 0 Å². The van der Waals surface area contributed by atoms with Crippen LogP contribution in [0, 0.1) is 0 Å². The number of hydrogen-bond acceptors (Lipinski definition) is 3. The van der Waals surface area contributed by atoms with Crippen LogP contribution in [0.1, 0.15) is 111 Å². The molecule has 1 atom stereocenters. The number of nitrogens with two attached hydrogens (primary N) is 1. The highest BCUT2D eigenvalue weighted by Crippen LogP contribution is 2.13. The molecule has 0 radical (unpaired) electrons. The summed E-state index contributed by atoms with van der Waals surface area (Å²) < 4.78 is 5.48. The third kappa shape index (κ3) is 16.5. The number of rotatable bonds is 16. The van der Waals surface area contributed by atoms with Gasteiger partial charge in [-0.25, -0.2) is 0 Å². The van der Waals surface area contributed by atoms with E-state index < -0.39 is 0 Å². The van der Waals surface area contributed by atoms with Gasteiger partial charge in [0.1, 0.15) is 0 Å². The Morgan fingerprint density at radius 1 is 0.783 bits per heavy atom. The van der Waals surface area contributed by atoms with Gasteiger partial charge in [0.15, 0.2) is 5.05 Å². The number of unbranched alkanes of at least 4 members (excludes halogenated alkanes) is 12. The highest BCUT2D eigenvalue weighted by Gasteiger charge is 2.11. The quantitative estimate of drug-likeness (QED) is 0.255. The van der Waals surface area contributed by atoms with E-state index in [9.17, 15) is 0 Å². The zero-order chi connectivity index (χ0) is 17.3. The summed E-state index contributed by atoms with van der Waals surface area (Å²) in [7, 11) is 0. The van der Waals surface area contributed by atoms with Gasteiger partial charge in [0.05, 0.1) is 12.1 Å². The molecule has 0 amide bonds. The van der Waals surface area contributed by atoms with E-state index in [0.29, 0.717) is 5.05 Å². The minimum atomic E-state index is -0.0693. The summed E-state index contributed by atoms with van der Waals surface area (Å²) in [4.78, 5) is 0. The first-order chi connectivity index (χ1) is 11.1. The van der Waals surface area contributed by atoms with Crippen molar-refractivity contribution in [2.24, 2.45) is 5.73 Å². The van der Waals surface area contributed by atoms with Crippen molar-refractivity contribution in [1.82, 2.24) is 0 Å². The topological polar surface area (TPSA) is 35.2 Å². The van der Waals surface area contributed by atoms with Crippen molar-refractivity contribution in [3.63, 3.8) is 0 Å². The normalized spacial score (nSPS) is 12.6. The van der Waals surface area contributed by atoms with Crippen LogP contribution in [-0.2, 0) is 4.74 Å². The molecular formula is C20H41NOS. The van der Waals surface area contributed by atoms with Gasteiger partial charge in [0, 0.05) is 0 Å². The van der Waals surface area contributed by atoms with Gasteiger partial charge in [0.2, 0.25) is 0 Å².